The maximum Gasteiger partial charge on any atom is 0.0364 e. The summed E-state index contributed by atoms with van der Waals surface area (Å²) in [7, 11) is 0. The van der Waals surface area contributed by atoms with Crippen molar-refractivity contribution in [3.8, 4) is 0 Å². The van der Waals surface area contributed by atoms with E-state index in [4.69, 9.17) is 0 Å². The standard InChI is InChI=1S/C13H19NS/c1-13(2,3)14-8-9-4-5-11(14)10-6-7-15-12(9)10/h6-7,9,11H,4-5,8H2,1-3H3. The van der Waals surface area contributed by atoms with Crippen LogP contribution in [0.1, 0.15) is 56.0 Å². The van der Waals surface area contributed by atoms with Gasteiger partial charge in [0.2, 0.25) is 0 Å². The zero-order valence-electron chi connectivity index (χ0n) is 9.79. The van der Waals surface area contributed by atoms with Crippen LogP contribution in [0.5, 0.6) is 0 Å². The molecule has 1 aromatic heterocycles. The Morgan fingerprint density at radius 1 is 1.33 bits per heavy atom. The lowest BCUT2D eigenvalue weighted by Gasteiger charge is -2.51. The number of hydrogen-bond donors (Lipinski definition) is 0. The smallest absolute Gasteiger partial charge is 0.0364 e. The molecule has 1 aromatic rings. The Morgan fingerprint density at radius 2 is 2.13 bits per heavy atom. The lowest BCUT2D eigenvalue weighted by molar-refractivity contribution is 0.0284. The minimum Gasteiger partial charge on any atom is -0.291 e. The quantitative estimate of drug-likeness (QED) is 0.644. The first-order valence-corrected chi connectivity index (χ1v) is 6.79. The average Bonchev–Trinajstić information content (AvgIpc) is 2.66. The number of fused-ring (bicyclic) bond motifs is 2. The molecule has 2 heteroatoms. The van der Waals surface area contributed by atoms with Crippen molar-refractivity contribution in [2.24, 2.45) is 0 Å². The van der Waals surface area contributed by atoms with Crippen LogP contribution in [0.25, 0.3) is 0 Å². The Labute approximate surface area is 96.1 Å². The van der Waals surface area contributed by atoms with Gasteiger partial charge in [-0.25, -0.2) is 0 Å². The maximum absolute atomic E-state index is 2.70. The largest absolute Gasteiger partial charge is 0.291 e. The van der Waals surface area contributed by atoms with Crippen LogP contribution in [0.15, 0.2) is 11.4 Å². The summed E-state index contributed by atoms with van der Waals surface area (Å²) in [5.41, 5.74) is 1.96. The topological polar surface area (TPSA) is 3.24 Å². The summed E-state index contributed by atoms with van der Waals surface area (Å²) in [6.07, 6.45) is 2.77. The molecule has 1 fully saturated rings. The zero-order chi connectivity index (χ0) is 10.6. The normalized spacial score (nSPS) is 30.6. The van der Waals surface area contributed by atoms with Gasteiger partial charge in [0.05, 0.1) is 0 Å². The van der Waals surface area contributed by atoms with Gasteiger partial charge in [-0.1, -0.05) is 0 Å². The fraction of sp³-hybridized carbons (Fsp3) is 0.692. The molecule has 0 radical (unpaired) electrons. The Kier molecular flexibility index (Phi) is 2.02. The van der Waals surface area contributed by atoms with E-state index in [1.54, 1.807) is 10.4 Å². The third-order valence-corrected chi connectivity index (χ3v) is 5.00. The van der Waals surface area contributed by atoms with Crippen LogP contribution in [0, 0.1) is 0 Å². The highest BCUT2D eigenvalue weighted by atomic mass is 32.1. The van der Waals surface area contributed by atoms with Crippen molar-refractivity contribution in [3.05, 3.63) is 21.9 Å². The van der Waals surface area contributed by atoms with E-state index >= 15 is 0 Å². The van der Waals surface area contributed by atoms with Gasteiger partial charge in [-0.05, 0) is 50.6 Å². The fourth-order valence-electron chi connectivity index (χ4n) is 3.19. The second-order valence-corrected chi connectivity index (χ2v) is 6.80. The molecule has 2 aliphatic heterocycles. The van der Waals surface area contributed by atoms with Crippen LogP contribution >= 0.6 is 11.3 Å². The first-order chi connectivity index (χ1) is 7.07. The Morgan fingerprint density at radius 3 is 2.87 bits per heavy atom. The lowest BCUT2D eigenvalue weighted by Crippen LogP contribution is -2.51. The second kappa shape index (κ2) is 3.08. The van der Waals surface area contributed by atoms with E-state index in [1.807, 2.05) is 11.3 Å². The lowest BCUT2D eigenvalue weighted by atomic mass is 9.77. The molecule has 0 aromatic carbocycles. The maximum atomic E-state index is 2.70. The predicted octanol–water partition coefficient (Wildman–Crippen LogP) is 3.78. The first kappa shape index (κ1) is 9.86. The van der Waals surface area contributed by atoms with E-state index in [1.165, 1.54) is 19.4 Å². The average molecular weight is 221 g/mol. The van der Waals surface area contributed by atoms with Crippen molar-refractivity contribution in [1.29, 1.82) is 0 Å². The molecule has 4 rings (SSSR count). The van der Waals surface area contributed by atoms with Crippen molar-refractivity contribution in [2.45, 2.75) is 51.1 Å². The number of hydrogen-bond acceptors (Lipinski definition) is 2. The van der Waals surface area contributed by atoms with Crippen LogP contribution in [0.4, 0.5) is 0 Å². The fourth-order valence-corrected chi connectivity index (χ4v) is 4.27. The Bertz CT molecular complexity index is 374. The zero-order valence-corrected chi connectivity index (χ0v) is 10.6. The highest BCUT2D eigenvalue weighted by Crippen LogP contribution is 2.50. The van der Waals surface area contributed by atoms with Crippen LogP contribution in [0.3, 0.4) is 0 Å². The molecule has 2 bridgehead atoms. The molecule has 1 nitrogen and oxygen atoms in total. The molecule has 3 aliphatic rings. The molecular weight excluding hydrogens is 202 g/mol. The van der Waals surface area contributed by atoms with Gasteiger partial charge in [0.1, 0.15) is 0 Å². The van der Waals surface area contributed by atoms with Crippen LogP contribution < -0.4 is 0 Å². The van der Waals surface area contributed by atoms with Gasteiger partial charge in [0.15, 0.2) is 0 Å². The van der Waals surface area contributed by atoms with E-state index in [2.05, 4.69) is 37.1 Å². The van der Waals surface area contributed by atoms with Crippen LogP contribution in [-0.4, -0.2) is 17.0 Å². The minimum absolute atomic E-state index is 0.322. The van der Waals surface area contributed by atoms with Gasteiger partial charge >= 0.3 is 0 Å². The van der Waals surface area contributed by atoms with E-state index in [9.17, 15) is 0 Å². The van der Waals surface area contributed by atoms with E-state index in [-0.39, 0.29) is 0 Å². The molecule has 1 saturated heterocycles. The molecule has 2 atom stereocenters. The number of thiophene rings is 1. The number of piperidine rings is 1. The molecule has 0 spiro atoms. The number of rotatable bonds is 0. The molecular formula is C13H19NS. The minimum atomic E-state index is 0.322. The third-order valence-electron chi connectivity index (χ3n) is 3.90. The van der Waals surface area contributed by atoms with Gasteiger partial charge < -0.3 is 0 Å². The highest BCUT2D eigenvalue weighted by Gasteiger charge is 2.42. The van der Waals surface area contributed by atoms with Crippen molar-refractivity contribution >= 4 is 11.3 Å². The monoisotopic (exact) mass is 221 g/mol. The summed E-state index contributed by atoms with van der Waals surface area (Å²) in [6.45, 7) is 8.32. The van der Waals surface area contributed by atoms with E-state index < -0.39 is 0 Å². The summed E-state index contributed by atoms with van der Waals surface area (Å²) in [5, 5.41) is 2.28. The number of nitrogens with zero attached hydrogens (tertiary/aromatic N) is 1. The molecule has 15 heavy (non-hydrogen) atoms. The molecule has 1 aliphatic carbocycles. The first-order valence-electron chi connectivity index (χ1n) is 5.91. The molecule has 2 unspecified atom stereocenters. The summed E-state index contributed by atoms with van der Waals surface area (Å²) in [6, 6.07) is 3.06. The second-order valence-electron chi connectivity index (χ2n) is 5.85. The van der Waals surface area contributed by atoms with Gasteiger partial charge in [0, 0.05) is 28.9 Å². The summed E-state index contributed by atoms with van der Waals surface area (Å²) >= 11 is 1.97. The summed E-state index contributed by atoms with van der Waals surface area (Å²) < 4.78 is 0. The van der Waals surface area contributed by atoms with Crippen molar-refractivity contribution in [1.82, 2.24) is 4.90 Å². The third kappa shape index (κ3) is 1.38. The highest BCUT2D eigenvalue weighted by molar-refractivity contribution is 7.10. The molecule has 0 N–H and O–H groups in total. The van der Waals surface area contributed by atoms with Gasteiger partial charge in [-0.15, -0.1) is 11.3 Å². The molecule has 0 saturated carbocycles. The molecule has 3 heterocycles. The van der Waals surface area contributed by atoms with Crippen molar-refractivity contribution in [2.75, 3.05) is 6.54 Å². The predicted molar refractivity (Wildman–Crippen MR) is 65.5 cm³/mol. The van der Waals surface area contributed by atoms with Crippen molar-refractivity contribution in [3.63, 3.8) is 0 Å². The van der Waals surface area contributed by atoms with E-state index in [0.717, 1.165) is 5.92 Å². The van der Waals surface area contributed by atoms with Gasteiger partial charge in [-0.2, -0.15) is 0 Å². The molecule has 82 valence electrons. The SMILES string of the molecule is CC(C)(C)N1CC2CCC1c1ccsc12. The van der Waals surface area contributed by atoms with E-state index in [0.29, 0.717) is 11.6 Å². The van der Waals surface area contributed by atoms with Crippen LogP contribution in [-0.2, 0) is 0 Å². The summed E-state index contributed by atoms with van der Waals surface area (Å²) in [5.74, 6) is 0.823. The Balaban J connectivity index is 2.03. The van der Waals surface area contributed by atoms with Crippen molar-refractivity contribution < 1.29 is 0 Å². The van der Waals surface area contributed by atoms with Gasteiger partial charge in [0.25, 0.3) is 0 Å². The van der Waals surface area contributed by atoms with Gasteiger partial charge in [-0.3, -0.25) is 4.90 Å². The Hall–Kier alpha value is -0.340. The molecule has 0 amide bonds. The summed E-state index contributed by atoms with van der Waals surface area (Å²) in [4.78, 5) is 4.39. The van der Waals surface area contributed by atoms with Crippen LogP contribution in [0.2, 0.25) is 0 Å².